The largest absolute Gasteiger partial charge is 0.371 e. The second-order valence-electron chi connectivity index (χ2n) is 5.00. The van der Waals surface area contributed by atoms with Crippen molar-refractivity contribution >= 4 is 33.4 Å². The van der Waals surface area contributed by atoms with Crippen molar-refractivity contribution in [3.8, 4) is 0 Å². The Morgan fingerprint density at radius 2 is 2.41 bits per heavy atom. The van der Waals surface area contributed by atoms with E-state index < -0.39 is 0 Å². The van der Waals surface area contributed by atoms with Crippen molar-refractivity contribution in [3.05, 3.63) is 35.1 Å². The van der Waals surface area contributed by atoms with Crippen LogP contribution in [-0.4, -0.2) is 32.7 Å². The first-order chi connectivity index (χ1) is 10.8. The van der Waals surface area contributed by atoms with E-state index in [9.17, 15) is 4.79 Å². The summed E-state index contributed by atoms with van der Waals surface area (Å²) in [6, 6.07) is 3.65. The fraction of sp³-hybridized carbons (Fsp3) is 0.286. The molecule has 0 radical (unpaired) electrons. The molecule has 3 aromatic rings. The highest BCUT2D eigenvalue weighted by atomic mass is 32.1. The summed E-state index contributed by atoms with van der Waals surface area (Å²) >= 11 is 1.36. The number of H-pyrrole nitrogens is 1. The average Bonchev–Trinajstić information content (AvgIpc) is 3.27. The van der Waals surface area contributed by atoms with Crippen molar-refractivity contribution in [2.24, 2.45) is 0 Å². The number of nitrogens with zero attached hydrogens (tertiary/aromatic N) is 3. The molecule has 1 amide bonds. The molecule has 0 saturated carbocycles. The van der Waals surface area contributed by atoms with Crippen molar-refractivity contribution in [3.63, 3.8) is 0 Å². The van der Waals surface area contributed by atoms with Crippen molar-refractivity contribution < 1.29 is 9.53 Å². The van der Waals surface area contributed by atoms with Gasteiger partial charge in [0.25, 0.3) is 5.91 Å². The number of carbonyl (C=O) groups is 1. The number of rotatable bonds is 3. The molecule has 112 valence electrons. The number of fused-ring (bicyclic) bond motifs is 1. The lowest BCUT2D eigenvalue weighted by atomic mass is 10.2. The third kappa shape index (κ3) is 2.36. The molecule has 4 rings (SSSR count). The molecular weight excluding hydrogens is 302 g/mol. The van der Waals surface area contributed by atoms with Gasteiger partial charge in [-0.3, -0.25) is 10.1 Å². The van der Waals surface area contributed by atoms with Gasteiger partial charge < -0.3 is 9.72 Å². The third-order valence-corrected chi connectivity index (χ3v) is 4.49. The molecule has 4 heterocycles. The van der Waals surface area contributed by atoms with Gasteiger partial charge in [0, 0.05) is 24.4 Å². The summed E-state index contributed by atoms with van der Waals surface area (Å²) < 4.78 is 5.57. The van der Waals surface area contributed by atoms with Gasteiger partial charge in [0.05, 0.1) is 5.56 Å². The van der Waals surface area contributed by atoms with E-state index in [-0.39, 0.29) is 12.0 Å². The summed E-state index contributed by atoms with van der Waals surface area (Å²) in [5.41, 5.74) is 1.22. The van der Waals surface area contributed by atoms with Gasteiger partial charge >= 0.3 is 0 Å². The molecule has 3 aromatic heterocycles. The van der Waals surface area contributed by atoms with Crippen LogP contribution in [-0.2, 0) is 4.74 Å². The molecule has 1 fully saturated rings. The molecule has 0 aromatic carbocycles. The second kappa shape index (κ2) is 5.47. The summed E-state index contributed by atoms with van der Waals surface area (Å²) in [6.07, 6.45) is 5.33. The number of aromatic amines is 1. The van der Waals surface area contributed by atoms with Gasteiger partial charge in [-0.15, -0.1) is 10.2 Å². The van der Waals surface area contributed by atoms with E-state index in [1.165, 1.54) is 11.3 Å². The second-order valence-corrected chi connectivity index (χ2v) is 6.01. The number of nitrogens with one attached hydrogen (secondary N) is 2. The Bertz CT molecular complexity index is 821. The smallest absolute Gasteiger partial charge is 0.259 e. The Labute approximate surface area is 129 Å². The molecule has 22 heavy (non-hydrogen) atoms. The van der Waals surface area contributed by atoms with Crippen molar-refractivity contribution in [1.82, 2.24) is 20.2 Å². The Morgan fingerprint density at radius 3 is 3.27 bits per heavy atom. The topological polar surface area (TPSA) is 92.8 Å². The number of ether oxygens (including phenoxy) is 1. The van der Waals surface area contributed by atoms with Gasteiger partial charge in [0.1, 0.15) is 16.8 Å². The molecule has 1 saturated heterocycles. The summed E-state index contributed by atoms with van der Waals surface area (Å²) in [6.45, 7) is 0.758. The monoisotopic (exact) mass is 315 g/mol. The predicted octanol–water partition coefficient (Wildman–Crippen LogP) is 2.52. The van der Waals surface area contributed by atoms with Crippen LogP contribution >= 0.6 is 11.3 Å². The van der Waals surface area contributed by atoms with Crippen LogP contribution in [0.25, 0.3) is 11.0 Å². The molecule has 7 nitrogen and oxygen atoms in total. The quantitative estimate of drug-likeness (QED) is 0.774. The number of pyridine rings is 1. The zero-order chi connectivity index (χ0) is 14.9. The lowest BCUT2D eigenvalue weighted by Crippen LogP contribution is -2.11. The minimum Gasteiger partial charge on any atom is -0.371 e. The Hall–Kier alpha value is -2.32. The van der Waals surface area contributed by atoms with Crippen LogP contribution in [0.1, 0.15) is 34.3 Å². The SMILES string of the molecule is O=C(Nc1nnc(C2CCCO2)s1)c1c[nH]c2ncccc12. The van der Waals surface area contributed by atoms with Crippen LogP contribution in [0, 0.1) is 0 Å². The molecule has 1 aliphatic rings. The molecular formula is C14H13N5O2S. The standard InChI is InChI=1S/C14H13N5O2S/c20-12(9-7-16-11-8(9)3-1-5-15-11)17-14-19-18-13(22-14)10-4-2-6-21-10/h1,3,5,7,10H,2,4,6H2,(H,15,16)(H,17,19,20). The third-order valence-electron chi connectivity index (χ3n) is 3.56. The van der Waals surface area contributed by atoms with E-state index in [1.807, 2.05) is 6.07 Å². The number of carbonyl (C=O) groups excluding carboxylic acids is 1. The normalized spacial score (nSPS) is 17.9. The van der Waals surface area contributed by atoms with E-state index in [2.05, 4.69) is 25.5 Å². The van der Waals surface area contributed by atoms with E-state index in [1.54, 1.807) is 18.5 Å². The van der Waals surface area contributed by atoms with Gasteiger partial charge in [-0.05, 0) is 25.0 Å². The van der Waals surface area contributed by atoms with Crippen molar-refractivity contribution in [2.45, 2.75) is 18.9 Å². The van der Waals surface area contributed by atoms with E-state index >= 15 is 0 Å². The first-order valence-corrected chi connectivity index (χ1v) is 7.81. The zero-order valence-electron chi connectivity index (χ0n) is 11.6. The molecule has 0 spiro atoms. The van der Waals surface area contributed by atoms with Gasteiger partial charge in [-0.2, -0.15) is 0 Å². The number of amides is 1. The maximum atomic E-state index is 12.4. The highest BCUT2D eigenvalue weighted by molar-refractivity contribution is 7.15. The number of hydrogen-bond donors (Lipinski definition) is 2. The fourth-order valence-electron chi connectivity index (χ4n) is 2.50. The summed E-state index contributed by atoms with van der Waals surface area (Å²) in [7, 11) is 0. The fourth-order valence-corrected chi connectivity index (χ4v) is 3.32. The lowest BCUT2D eigenvalue weighted by molar-refractivity contribution is 0.102. The maximum Gasteiger partial charge on any atom is 0.259 e. The minimum atomic E-state index is -0.228. The van der Waals surface area contributed by atoms with Crippen LogP contribution < -0.4 is 5.32 Å². The van der Waals surface area contributed by atoms with Gasteiger partial charge in [0.15, 0.2) is 0 Å². The maximum absolute atomic E-state index is 12.4. The Kier molecular flexibility index (Phi) is 3.32. The number of anilines is 1. The van der Waals surface area contributed by atoms with Gasteiger partial charge in [0.2, 0.25) is 5.13 Å². The van der Waals surface area contributed by atoms with Gasteiger partial charge in [-0.25, -0.2) is 4.98 Å². The molecule has 1 atom stereocenters. The van der Waals surface area contributed by atoms with E-state index in [0.29, 0.717) is 16.3 Å². The van der Waals surface area contributed by atoms with Crippen LogP contribution in [0.3, 0.4) is 0 Å². The number of aromatic nitrogens is 4. The van der Waals surface area contributed by atoms with Crippen LogP contribution in [0.4, 0.5) is 5.13 Å². The first kappa shape index (κ1) is 13.4. The molecule has 1 unspecified atom stereocenters. The van der Waals surface area contributed by atoms with Crippen LogP contribution in [0.15, 0.2) is 24.5 Å². The lowest BCUT2D eigenvalue weighted by Gasteiger charge is -2.02. The summed E-state index contributed by atoms with van der Waals surface area (Å²) in [5.74, 6) is -0.228. The molecule has 8 heteroatoms. The van der Waals surface area contributed by atoms with E-state index in [4.69, 9.17) is 4.74 Å². The Morgan fingerprint density at radius 1 is 1.45 bits per heavy atom. The molecule has 1 aliphatic heterocycles. The van der Waals surface area contributed by atoms with Gasteiger partial charge in [-0.1, -0.05) is 11.3 Å². The van der Waals surface area contributed by atoms with E-state index in [0.717, 1.165) is 29.8 Å². The highest BCUT2D eigenvalue weighted by Crippen LogP contribution is 2.32. The zero-order valence-corrected chi connectivity index (χ0v) is 12.4. The van der Waals surface area contributed by atoms with Crippen LogP contribution in [0.5, 0.6) is 0 Å². The van der Waals surface area contributed by atoms with Crippen LogP contribution in [0.2, 0.25) is 0 Å². The predicted molar refractivity (Wildman–Crippen MR) is 81.9 cm³/mol. The number of hydrogen-bond acceptors (Lipinski definition) is 6. The summed E-state index contributed by atoms with van der Waals surface area (Å²) in [5, 5.41) is 13.0. The molecule has 0 bridgehead atoms. The average molecular weight is 315 g/mol. The molecule has 2 N–H and O–H groups in total. The summed E-state index contributed by atoms with van der Waals surface area (Å²) in [4.78, 5) is 19.5. The molecule has 0 aliphatic carbocycles. The minimum absolute atomic E-state index is 0.0143. The Balaban J connectivity index is 1.54. The van der Waals surface area contributed by atoms with Crippen molar-refractivity contribution in [2.75, 3.05) is 11.9 Å². The first-order valence-electron chi connectivity index (χ1n) is 7.00. The van der Waals surface area contributed by atoms with Crippen molar-refractivity contribution in [1.29, 1.82) is 0 Å². The highest BCUT2D eigenvalue weighted by Gasteiger charge is 2.22.